The topological polar surface area (TPSA) is 46.1 Å². The third kappa shape index (κ3) is 7.73. The van der Waals surface area contributed by atoms with Crippen LogP contribution in [0.2, 0.25) is 0 Å². The maximum absolute atomic E-state index is 12.7. The molecule has 1 aliphatic rings. The van der Waals surface area contributed by atoms with Gasteiger partial charge in [-0.1, -0.05) is 6.07 Å². The molecule has 1 saturated heterocycles. The van der Waals surface area contributed by atoms with Gasteiger partial charge in [-0.2, -0.15) is 13.2 Å². The van der Waals surface area contributed by atoms with Crippen LogP contribution in [0.25, 0.3) is 0 Å². The maximum Gasteiger partial charge on any atom is 0.416 e. The molecule has 1 aliphatic heterocycles. The van der Waals surface area contributed by atoms with Crippen LogP contribution in [0, 0.1) is 0 Å². The first-order valence-electron chi connectivity index (χ1n) is 8.81. The average molecular weight is 501 g/mol. The number of likely N-dealkylation sites (tertiary alicyclic amines) is 1. The molecule has 0 atom stereocenters. The minimum atomic E-state index is -4.37. The maximum atomic E-state index is 12.7. The Balaban J connectivity index is 0.00000364. The molecule has 0 aromatic heterocycles. The molecule has 27 heavy (non-hydrogen) atoms. The molecule has 5 nitrogen and oxygen atoms in total. The number of benzene rings is 1. The second kappa shape index (κ2) is 11.6. The summed E-state index contributed by atoms with van der Waals surface area (Å²) in [6.45, 7) is 5.14. The lowest BCUT2D eigenvalue weighted by atomic mass is 10.1. The monoisotopic (exact) mass is 501 g/mol. The van der Waals surface area contributed by atoms with Crippen molar-refractivity contribution in [1.29, 1.82) is 0 Å². The van der Waals surface area contributed by atoms with E-state index in [2.05, 4.69) is 15.2 Å². The summed E-state index contributed by atoms with van der Waals surface area (Å²) in [6.07, 6.45) is -2.16. The van der Waals surface area contributed by atoms with Gasteiger partial charge in [-0.25, -0.2) is 0 Å². The van der Waals surface area contributed by atoms with Gasteiger partial charge in [0.2, 0.25) is 0 Å². The Morgan fingerprint density at radius 3 is 2.59 bits per heavy atom. The molecule has 1 aromatic carbocycles. The van der Waals surface area contributed by atoms with Gasteiger partial charge in [0, 0.05) is 26.7 Å². The van der Waals surface area contributed by atoms with Gasteiger partial charge in [0.15, 0.2) is 5.96 Å². The smallest absolute Gasteiger partial charge is 0.416 e. The van der Waals surface area contributed by atoms with Crippen LogP contribution in [0.3, 0.4) is 0 Å². The minimum absolute atomic E-state index is 0. The van der Waals surface area contributed by atoms with E-state index in [4.69, 9.17) is 9.47 Å². The Kier molecular flexibility index (Phi) is 10.2. The number of ether oxygens (including phenoxy) is 2. The van der Waals surface area contributed by atoms with Crippen molar-refractivity contribution >= 4 is 29.9 Å². The number of aliphatic imine (C=N–C) groups is 1. The highest BCUT2D eigenvalue weighted by molar-refractivity contribution is 14.0. The van der Waals surface area contributed by atoms with Gasteiger partial charge in [-0.15, -0.1) is 24.0 Å². The summed E-state index contributed by atoms with van der Waals surface area (Å²) < 4.78 is 49.1. The largest absolute Gasteiger partial charge is 0.492 e. The molecule has 9 heteroatoms. The lowest BCUT2D eigenvalue weighted by Crippen LogP contribution is -2.47. The number of rotatable bonds is 6. The van der Waals surface area contributed by atoms with E-state index >= 15 is 0 Å². The lowest BCUT2D eigenvalue weighted by Gasteiger charge is -2.34. The number of alkyl halides is 3. The standard InChI is InChI=1S/C18H26F3N3O2.HI/c1-3-25-15-7-10-24(11-8-15)17(22-2)23-9-12-26-16-6-4-5-14(13-16)18(19,20)21;/h4-6,13,15H,3,7-12H2,1-2H3,(H,22,23);1H. The van der Waals surface area contributed by atoms with Crippen LogP contribution in [0.1, 0.15) is 25.3 Å². The molecule has 0 amide bonds. The Hall–Kier alpha value is -1.23. The average Bonchev–Trinajstić information content (AvgIpc) is 2.63. The Morgan fingerprint density at radius 2 is 2.00 bits per heavy atom. The van der Waals surface area contributed by atoms with Gasteiger partial charge < -0.3 is 19.7 Å². The highest BCUT2D eigenvalue weighted by Crippen LogP contribution is 2.31. The predicted molar refractivity (Wildman–Crippen MR) is 110 cm³/mol. The highest BCUT2D eigenvalue weighted by Gasteiger charge is 2.30. The number of guanidine groups is 1. The number of nitrogens with one attached hydrogen (secondary N) is 1. The second-order valence-corrected chi connectivity index (χ2v) is 5.99. The fourth-order valence-electron chi connectivity index (χ4n) is 2.90. The summed E-state index contributed by atoms with van der Waals surface area (Å²) in [5.74, 6) is 0.974. The molecule has 0 bridgehead atoms. The van der Waals surface area contributed by atoms with Gasteiger partial charge in [0.05, 0.1) is 18.2 Å². The highest BCUT2D eigenvalue weighted by atomic mass is 127. The van der Waals surface area contributed by atoms with Crippen LogP contribution in [0.5, 0.6) is 5.75 Å². The second-order valence-electron chi connectivity index (χ2n) is 5.99. The first-order chi connectivity index (χ1) is 12.4. The van der Waals surface area contributed by atoms with E-state index in [0.29, 0.717) is 12.6 Å². The zero-order valence-corrected chi connectivity index (χ0v) is 17.9. The number of hydrogen-bond acceptors (Lipinski definition) is 3. The summed E-state index contributed by atoms with van der Waals surface area (Å²) in [6, 6.07) is 4.89. The van der Waals surface area contributed by atoms with Crippen molar-refractivity contribution in [3.63, 3.8) is 0 Å². The molecule has 154 valence electrons. The molecule has 1 heterocycles. The Morgan fingerprint density at radius 1 is 1.30 bits per heavy atom. The number of halogens is 4. The normalized spacial score (nSPS) is 16.0. The number of hydrogen-bond donors (Lipinski definition) is 1. The summed E-state index contributed by atoms with van der Waals surface area (Å²) in [5.41, 5.74) is -0.712. The Bertz CT molecular complexity index is 591. The molecule has 0 aliphatic carbocycles. The zero-order chi connectivity index (χ0) is 19.0. The predicted octanol–water partition coefficient (Wildman–Crippen LogP) is 3.78. The quantitative estimate of drug-likeness (QED) is 0.279. The van der Waals surface area contributed by atoms with Crippen molar-refractivity contribution in [3.05, 3.63) is 29.8 Å². The van der Waals surface area contributed by atoms with Gasteiger partial charge in [0.1, 0.15) is 12.4 Å². The van der Waals surface area contributed by atoms with Crippen molar-refractivity contribution in [2.24, 2.45) is 4.99 Å². The number of piperidine rings is 1. The van der Waals surface area contributed by atoms with Crippen molar-refractivity contribution in [1.82, 2.24) is 10.2 Å². The first-order valence-corrected chi connectivity index (χ1v) is 8.81. The summed E-state index contributed by atoms with van der Waals surface area (Å²) in [7, 11) is 1.71. The Labute approximate surface area is 175 Å². The van der Waals surface area contributed by atoms with Crippen molar-refractivity contribution in [2.45, 2.75) is 32.0 Å². The van der Waals surface area contributed by atoms with E-state index in [1.54, 1.807) is 7.05 Å². The zero-order valence-electron chi connectivity index (χ0n) is 15.6. The SMILES string of the molecule is CCOC1CCN(C(=NC)NCCOc2cccc(C(F)(F)F)c2)CC1.I. The molecule has 1 N–H and O–H groups in total. The van der Waals surface area contributed by atoms with Crippen LogP contribution >= 0.6 is 24.0 Å². The van der Waals surface area contributed by atoms with E-state index in [9.17, 15) is 13.2 Å². The third-order valence-corrected chi connectivity index (χ3v) is 4.17. The molecule has 0 unspecified atom stereocenters. The first kappa shape index (κ1) is 23.8. The van der Waals surface area contributed by atoms with Gasteiger partial charge in [0.25, 0.3) is 0 Å². The van der Waals surface area contributed by atoms with E-state index in [1.165, 1.54) is 12.1 Å². The van der Waals surface area contributed by atoms with Gasteiger partial charge >= 0.3 is 6.18 Å². The summed E-state index contributed by atoms with van der Waals surface area (Å²) >= 11 is 0. The lowest BCUT2D eigenvalue weighted by molar-refractivity contribution is -0.137. The number of nitrogens with zero attached hydrogens (tertiary/aromatic N) is 2. The van der Waals surface area contributed by atoms with E-state index in [-0.39, 0.29) is 36.3 Å². The van der Waals surface area contributed by atoms with Crippen molar-refractivity contribution in [3.8, 4) is 5.75 Å². The van der Waals surface area contributed by atoms with Gasteiger partial charge in [-0.05, 0) is 38.0 Å². The van der Waals surface area contributed by atoms with E-state index in [1.807, 2.05) is 6.92 Å². The third-order valence-electron chi connectivity index (χ3n) is 4.17. The molecule has 0 radical (unpaired) electrons. The van der Waals surface area contributed by atoms with Crippen LogP contribution < -0.4 is 10.1 Å². The molecule has 0 spiro atoms. The molecule has 1 aromatic rings. The van der Waals surface area contributed by atoms with Crippen molar-refractivity contribution < 1.29 is 22.6 Å². The van der Waals surface area contributed by atoms with E-state index < -0.39 is 11.7 Å². The molecular formula is C18H27F3IN3O2. The fraction of sp³-hybridized carbons (Fsp3) is 0.611. The van der Waals surface area contributed by atoms with Crippen LogP contribution in [-0.2, 0) is 10.9 Å². The van der Waals surface area contributed by atoms with Crippen LogP contribution in [0.15, 0.2) is 29.3 Å². The fourth-order valence-corrected chi connectivity index (χ4v) is 2.90. The van der Waals surface area contributed by atoms with E-state index in [0.717, 1.165) is 50.6 Å². The van der Waals surface area contributed by atoms with Crippen LogP contribution in [-0.4, -0.2) is 56.9 Å². The van der Waals surface area contributed by atoms with Crippen LogP contribution in [0.4, 0.5) is 13.2 Å². The van der Waals surface area contributed by atoms with Crippen molar-refractivity contribution in [2.75, 3.05) is 39.9 Å². The minimum Gasteiger partial charge on any atom is -0.492 e. The van der Waals surface area contributed by atoms with Gasteiger partial charge in [-0.3, -0.25) is 4.99 Å². The molecule has 0 saturated carbocycles. The molecule has 2 rings (SSSR count). The molecule has 1 fully saturated rings. The molecular weight excluding hydrogens is 474 g/mol. The summed E-state index contributed by atoms with van der Waals surface area (Å²) in [5, 5.41) is 3.19. The summed E-state index contributed by atoms with van der Waals surface area (Å²) in [4.78, 5) is 6.41.